The lowest BCUT2D eigenvalue weighted by atomic mass is 9.91. The summed E-state index contributed by atoms with van der Waals surface area (Å²) in [4.78, 5) is 30.3. The maximum Gasteiger partial charge on any atom is 0.253 e. The third-order valence-corrected chi connectivity index (χ3v) is 4.65. The molecule has 0 bridgehead atoms. The topological polar surface area (TPSA) is 62.3 Å². The lowest BCUT2D eigenvalue weighted by Crippen LogP contribution is -2.38. The van der Waals surface area contributed by atoms with E-state index in [4.69, 9.17) is 0 Å². The lowest BCUT2D eigenvalue weighted by Gasteiger charge is -2.32. The van der Waals surface area contributed by atoms with Gasteiger partial charge in [-0.25, -0.2) is 0 Å². The molecule has 1 aromatic carbocycles. The van der Waals surface area contributed by atoms with E-state index in [0.29, 0.717) is 12.3 Å². The van der Waals surface area contributed by atoms with E-state index in [-0.39, 0.29) is 11.8 Å². The van der Waals surface area contributed by atoms with Crippen molar-refractivity contribution in [3.8, 4) is 0 Å². The molecule has 5 heteroatoms. The van der Waals surface area contributed by atoms with Gasteiger partial charge in [0.1, 0.15) is 0 Å². The molecule has 0 atom stereocenters. The molecule has 1 aliphatic rings. The number of nitrogens with one attached hydrogen (secondary N) is 1. The number of hydrogen-bond acceptors (Lipinski definition) is 3. The normalized spacial score (nSPS) is 15.0. The summed E-state index contributed by atoms with van der Waals surface area (Å²) in [7, 11) is 0. The molecule has 2 heterocycles. The van der Waals surface area contributed by atoms with Crippen molar-refractivity contribution in [2.45, 2.75) is 25.7 Å². The summed E-state index contributed by atoms with van der Waals surface area (Å²) < 4.78 is 0. The molecule has 1 fully saturated rings. The summed E-state index contributed by atoms with van der Waals surface area (Å²) >= 11 is 0. The standard InChI is InChI=1S/C20H23N3O2/c24-19(22-18-7-4-12-21-15-18)9-8-16-10-13-23(14-11-16)20(25)17-5-2-1-3-6-17/h1-7,12,15-16H,8-11,13-14H2,(H,22,24). The predicted molar refractivity (Wildman–Crippen MR) is 97.2 cm³/mol. The van der Waals surface area contributed by atoms with Gasteiger partial charge >= 0.3 is 0 Å². The van der Waals surface area contributed by atoms with Crippen LogP contribution in [0.25, 0.3) is 0 Å². The molecule has 130 valence electrons. The Labute approximate surface area is 148 Å². The number of hydrogen-bond donors (Lipinski definition) is 1. The molecule has 25 heavy (non-hydrogen) atoms. The predicted octanol–water partition coefficient (Wildman–Crippen LogP) is 3.35. The van der Waals surface area contributed by atoms with Crippen LogP contribution in [0, 0.1) is 5.92 Å². The van der Waals surface area contributed by atoms with E-state index < -0.39 is 0 Å². The third-order valence-electron chi connectivity index (χ3n) is 4.65. The van der Waals surface area contributed by atoms with Crippen molar-refractivity contribution in [3.05, 3.63) is 60.4 Å². The number of carbonyl (C=O) groups excluding carboxylic acids is 2. The zero-order chi connectivity index (χ0) is 17.5. The summed E-state index contributed by atoms with van der Waals surface area (Å²) in [5, 5.41) is 2.86. The van der Waals surface area contributed by atoms with Gasteiger partial charge in [-0.2, -0.15) is 0 Å². The molecule has 1 N–H and O–H groups in total. The van der Waals surface area contributed by atoms with Crippen molar-refractivity contribution in [2.24, 2.45) is 5.92 Å². The molecule has 1 aliphatic heterocycles. The maximum atomic E-state index is 12.4. The number of rotatable bonds is 5. The van der Waals surface area contributed by atoms with Crippen LogP contribution in [0.3, 0.4) is 0 Å². The molecule has 5 nitrogen and oxygen atoms in total. The van der Waals surface area contributed by atoms with Gasteiger partial charge in [0.2, 0.25) is 5.91 Å². The largest absolute Gasteiger partial charge is 0.339 e. The number of carbonyl (C=O) groups is 2. The third kappa shape index (κ3) is 4.89. The molecule has 2 amide bonds. The number of piperidine rings is 1. The van der Waals surface area contributed by atoms with Crippen LogP contribution >= 0.6 is 0 Å². The summed E-state index contributed by atoms with van der Waals surface area (Å²) in [5.41, 5.74) is 1.48. The Morgan fingerprint density at radius 1 is 1.08 bits per heavy atom. The number of anilines is 1. The van der Waals surface area contributed by atoms with Crippen molar-refractivity contribution in [3.63, 3.8) is 0 Å². The SMILES string of the molecule is O=C(CCC1CCN(C(=O)c2ccccc2)CC1)Nc1cccnc1. The Balaban J connectivity index is 1.41. The smallest absolute Gasteiger partial charge is 0.253 e. The zero-order valence-electron chi connectivity index (χ0n) is 14.2. The fourth-order valence-corrected chi connectivity index (χ4v) is 3.18. The van der Waals surface area contributed by atoms with E-state index >= 15 is 0 Å². The minimum absolute atomic E-state index is 0.0239. The number of nitrogens with zero attached hydrogens (tertiary/aromatic N) is 2. The minimum atomic E-state index is 0.0239. The van der Waals surface area contributed by atoms with Gasteiger partial charge < -0.3 is 10.2 Å². The van der Waals surface area contributed by atoms with E-state index in [1.807, 2.05) is 41.3 Å². The fraction of sp³-hybridized carbons (Fsp3) is 0.350. The number of aromatic nitrogens is 1. The molecule has 1 aromatic heterocycles. The first-order valence-electron chi connectivity index (χ1n) is 8.76. The highest BCUT2D eigenvalue weighted by Gasteiger charge is 2.23. The molecule has 0 unspecified atom stereocenters. The number of amides is 2. The Bertz CT molecular complexity index is 695. The van der Waals surface area contributed by atoms with Gasteiger partial charge in [0.15, 0.2) is 0 Å². The van der Waals surface area contributed by atoms with Crippen LogP contribution in [0.15, 0.2) is 54.9 Å². The van der Waals surface area contributed by atoms with Gasteiger partial charge in [0, 0.05) is 31.3 Å². The molecular weight excluding hydrogens is 314 g/mol. The second-order valence-corrected chi connectivity index (χ2v) is 6.43. The van der Waals surface area contributed by atoms with Crippen LogP contribution in [0.5, 0.6) is 0 Å². The van der Waals surface area contributed by atoms with Gasteiger partial charge in [-0.1, -0.05) is 18.2 Å². The number of pyridine rings is 1. The molecule has 1 saturated heterocycles. The summed E-state index contributed by atoms with van der Waals surface area (Å²) in [6.45, 7) is 1.53. The number of benzene rings is 1. The highest BCUT2D eigenvalue weighted by atomic mass is 16.2. The highest BCUT2D eigenvalue weighted by Crippen LogP contribution is 2.23. The lowest BCUT2D eigenvalue weighted by molar-refractivity contribution is -0.116. The summed E-state index contributed by atoms with van der Waals surface area (Å²) in [5.74, 6) is 0.628. The van der Waals surface area contributed by atoms with Crippen molar-refractivity contribution >= 4 is 17.5 Å². The van der Waals surface area contributed by atoms with Crippen molar-refractivity contribution in [1.82, 2.24) is 9.88 Å². The van der Waals surface area contributed by atoms with E-state index in [1.54, 1.807) is 18.5 Å². The fourth-order valence-electron chi connectivity index (χ4n) is 3.18. The molecule has 0 aliphatic carbocycles. The molecule has 0 radical (unpaired) electrons. The first-order valence-corrected chi connectivity index (χ1v) is 8.76. The van der Waals surface area contributed by atoms with Crippen LogP contribution in [-0.2, 0) is 4.79 Å². The molecule has 3 rings (SSSR count). The monoisotopic (exact) mass is 337 g/mol. The van der Waals surface area contributed by atoms with Gasteiger partial charge in [-0.05, 0) is 49.4 Å². The van der Waals surface area contributed by atoms with Gasteiger partial charge in [0.25, 0.3) is 5.91 Å². The van der Waals surface area contributed by atoms with Crippen molar-refractivity contribution in [1.29, 1.82) is 0 Å². The van der Waals surface area contributed by atoms with Crippen LogP contribution in [0.2, 0.25) is 0 Å². The summed E-state index contributed by atoms with van der Waals surface area (Å²) in [6, 6.07) is 13.0. The average molecular weight is 337 g/mol. The van der Waals surface area contributed by atoms with Crippen molar-refractivity contribution in [2.75, 3.05) is 18.4 Å². The first-order chi connectivity index (χ1) is 12.2. The highest BCUT2D eigenvalue weighted by molar-refractivity contribution is 5.94. The molecule has 2 aromatic rings. The van der Waals surface area contributed by atoms with Crippen LogP contribution in [0.1, 0.15) is 36.0 Å². The van der Waals surface area contributed by atoms with Crippen LogP contribution in [-0.4, -0.2) is 34.8 Å². The second kappa shape index (κ2) is 8.42. The average Bonchev–Trinajstić information content (AvgIpc) is 2.68. The summed E-state index contributed by atoms with van der Waals surface area (Å²) in [6.07, 6.45) is 6.61. The second-order valence-electron chi connectivity index (χ2n) is 6.43. The van der Waals surface area contributed by atoms with Gasteiger partial charge in [0.05, 0.1) is 11.9 Å². The van der Waals surface area contributed by atoms with E-state index in [0.717, 1.165) is 43.6 Å². The van der Waals surface area contributed by atoms with Gasteiger partial charge in [-0.3, -0.25) is 14.6 Å². The van der Waals surface area contributed by atoms with E-state index in [1.165, 1.54) is 0 Å². The van der Waals surface area contributed by atoms with Crippen LogP contribution in [0.4, 0.5) is 5.69 Å². The maximum absolute atomic E-state index is 12.4. The Morgan fingerprint density at radius 2 is 1.84 bits per heavy atom. The van der Waals surface area contributed by atoms with Crippen molar-refractivity contribution < 1.29 is 9.59 Å². The van der Waals surface area contributed by atoms with Gasteiger partial charge in [-0.15, -0.1) is 0 Å². The van der Waals surface area contributed by atoms with Crippen LogP contribution < -0.4 is 5.32 Å². The first kappa shape index (κ1) is 17.1. The minimum Gasteiger partial charge on any atom is -0.339 e. The molecule has 0 spiro atoms. The Hall–Kier alpha value is -2.69. The molecular formula is C20H23N3O2. The zero-order valence-corrected chi connectivity index (χ0v) is 14.2. The number of likely N-dealkylation sites (tertiary alicyclic amines) is 1. The molecule has 0 saturated carbocycles. The Morgan fingerprint density at radius 3 is 2.52 bits per heavy atom. The Kier molecular flexibility index (Phi) is 5.77. The van der Waals surface area contributed by atoms with E-state index in [2.05, 4.69) is 10.3 Å². The van der Waals surface area contributed by atoms with E-state index in [9.17, 15) is 9.59 Å². The quantitative estimate of drug-likeness (QED) is 0.910.